The van der Waals surface area contributed by atoms with Crippen LogP contribution in [0.2, 0.25) is 0 Å². The highest BCUT2D eigenvalue weighted by Gasteiger charge is 2.25. The number of nitrogens with zero attached hydrogens (tertiary/aromatic N) is 1. The van der Waals surface area contributed by atoms with Gasteiger partial charge >= 0.3 is 0 Å². The minimum Gasteiger partial charge on any atom is -0.361 e. The monoisotopic (exact) mass is 380 g/mol. The second kappa shape index (κ2) is 8.04. The maximum Gasteiger partial charge on any atom is 0.214 e. The Balaban J connectivity index is 1.84. The fourth-order valence-electron chi connectivity index (χ4n) is 3.70. The number of hydrogen-bond donors (Lipinski definition) is 1. The molecule has 0 amide bonds. The van der Waals surface area contributed by atoms with Gasteiger partial charge in [0.2, 0.25) is 6.54 Å². The Bertz CT molecular complexity index is 1230. The van der Waals surface area contributed by atoms with Crippen molar-refractivity contribution in [2.45, 2.75) is 12.8 Å². The van der Waals surface area contributed by atoms with Crippen molar-refractivity contribution in [2.24, 2.45) is 0 Å². The van der Waals surface area contributed by atoms with Crippen molar-refractivity contribution in [1.82, 2.24) is 4.98 Å². The summed E-state index contributed by atoms with van der Waals surface area (Å²) in [6.45, 7) is 1.84. The molecule has 142 valence electrons. The summed E-state index contributed by atoms with van der Waals surface area (Å²) in [4.78, 5) is 14.6. The van der Waals surface area contributed by atoms with E-state index in [-0.39, 0.29) is 17.4 Å². The number of fused-ring (bicyclic) bond motifs is 1. The summed E-state index contributed by atoms with van der Waals surface area (Å²) in [5.41, 5.74) is 5.65. The molecule has 0 bridgehead atoms. The van der Waals surface area contributed by atoms with Gasteiger partial charge in [0, 0.05) is 33.1 Å². The summed E-state index contributed by atoms with van der Waals surface area (Å²) >= 11 is 0. The molecular formula is C25H20N2O2. The zero-order valence-corrected chi connectivity index (χ0v) is 16.1. The van der Waals surface area contributed by atoms with Crippen LogP contribution < -0.4 is 0 Å². The van der Waals surface area contributed by atoms with Crippen LogP contribution in [0.3, 0.4) is 0 Å². The number of aryl methyl sites for hydroxylation is 1. The average molecular weight is 380 g/mol. The van der Waals surface area contributed by atoms with Crippen molar-refractivity contribution in [3.63, 3.8) is 0 Å². The van der Waals surface area contributed by atoms with Gasteiger partial charge in [-0.25, -0.2) is 0 Å². The van der Waals surface area contributed by atoms with Gasteiger partial charge in [0.15, 0.2) is 0 Å². The maximum atomic E-state index is 11.5. The molecule has 29 heavy (non-hydrogen) atoms. The predicted octanol–water partition coefficient (Wildman–Crippen LogP) is 5.28. The van der Waals surface area contributed by atoms with E-state index in [0.29, 0.717) is 0 Å². The fraction of sp³-hybridized carbons (Fsp3) is 0.120. The Hall–Kier alpha value is -3.84. The van der Waals surface area contributed by atoms with Gasteiger partial charge in [0.25, 0.3) is 0 Å². The summed E-state index contributed by atoms with van der Waals surface area (Å²) < 4.78 is 0. The van der Waals surface area contributed by atoms with Gasteiger partial charge < -0.3 is 4.98 Å². The second-order valence-electron chi connectivity index (χ2n) is 7.01. The normalized spacial score (nSPS) is 11.6. The Morgan fingerprint density at radius 2 is 1.69 bits per heavy atom. The molecule has 0 radical (unpaired) electrons. The van der Waals surface area contributed by atoms with Crippen LogP contribution in [-0.2, 0) is 0 Å². The number of hydrogen-bond acceptors (Lipinski definition) is 2. The molecule has 0 unspecified atom stereocenters. The smallest absolute Gasteiger partial charge is 0.214 e. The van der Waals surface area contributed by atoms with E-state index in [0.717, 1.165) is 38.7 Å². The minimum absolute atomic E-state index is 0.190. The highest BCUT2D eigenvalue weighted by Crippen LogP contribution is 2.33. The van der Waals surface area contributed by atoms with Gasteiger partial charge in [-0.2, -0.15) is 0 Å². The van der Waals surface area contributed by atoms with Gasteiger partial charge in [0.05, 0.1) is 5.92 Å². The van der Waals surface area contributed by atoms with Crippen molar-refractivity contribution in [3.8, 4) is 11.8 Å². The molecule has 0 aliphatic rings. The first-order valence-electron chi connectivity index (χ1n) is 9.48. The van der Waals surface area contributed by atoms with Gasteiger partial charge in [-0.15, -0.1) is 0 Å². The predicted molar refractivity (Wildman–Crippen MR) is 116 cm³/mol. The summed E-state index contributed by atoms with van der Waals surface area (Å²) in [5, 5.41) is 12.5. The molecule has 4 rings (SSSR count). The lowest BCUT2D eigenvalue weighted by Crippen LogP contribution is -2.15. The van der Waals surface area contributed by atoms with Crippen molar-refractivity contribution in [2.75, 3.05) is 6.54 Å². The lowest BCUT2D eigenvalue weighted by atomic mass is 9.87. The highest BCUT2D eigenvalue weighted by molar-refractivity contribution is 5.87. The van der Waals surface area contributed by atoms with Crippen LogP contribution in [0.25, 0.3) is 10.9 Å². The van der Waals surface area contributed by atoms with E-state index in [1.807, 2.05) is 85.9 Å². The van der Waals surface area contributed by atoms with Crippen LogP contribution in [0.5, 0.6) is 0 Å². The zero-order valence-electron chi connectivity index (χ0n) is 16.1. The topological polar surface area (TPSA) is 58.9 Å². The van der Waals surface area contributed by atoms with E-state index >= 15 is 0 Å². The molecule has 3 aromatic carbocycles. The maximum absolute atomic E-state index is 11.5. The van der Waals surface area contributed by atoms with Crippen molar-refractivity contribution >= 4 is 10.9 Å². The molecule has 0 spiro atoms. The number of nitrogens with one attached hydrogen (secondary N) is 1. The Morgan fingerprint density at radius 3 is 2.48 bits per heavy atom. The summed E-state index contributed by atoms with van der Waals surface area (Å²) in [5.74, 6) is 6.01. The summed E-state index contributed by atoms with van der Waals surface area (Å²) in [6, 6.07) is 23.5. The standard InChI is InChI=1S/C25H20N2O2/c1-18-8-7-13-22-23(16-26-25(18)22)24(17-27(28)29)21-12-6-5-11-20(21)15-14-19-9-3-2-4-10-19/h2-13,16,24,26H,17H2,1H3/t24-/m1/s1. The van der Waals surface area contributed by atoms with Crippen LogP contribution in [-0.4, -0.2) is 16.5 Å². The number of rotatable bonds is 4. The third kappa shape index (κ3) is 3.90. The molecule has 1 aromatic heterocycles. The van der Waals surface area contributed by atoms with E-state index in [1.165, 1.54) is 0 Å². The summed E-state index contributed by atoms with van der Waals surface area (Å²) in [7, 11) is 0. The Labute approximate surface area is 169 Å². The molecule has 4 nitrogen and oxygen atoms in total. The van der Waals surface area contributed by atoms with Crippen molar-refractivity contribution in [3.05, 3.63) is 117 Å². The number of H-pyrrole nitrogens is 1. The van der Waals surface area contributed by atoms with Crippen LogP contribution in [0.1, 0.15) is 33.7 Å². The van der Waals surface area contributed by atoms with E-state index in [2.05, 4.69) is 16.8 Å². The first-order valence-corrected chi connectivity index (χ1v) is 9.48. The summed E-state index contributed by atoms with van der Waals surface area (Å²) in [6.07, 6.45) is 1.90. The first kappa shape index (κ1) is 18.5. The molecule has 4 heteroatoms. The molecule has 4 aromatic rings. The quantitative estimate of drug-likeness (QED) is 0.297. The van der Waals surface area contributed by atoms with Crippen LogP contribution in [0, 0.1) is 28.9 Å². The number of benzene rings is 3. The van der Waals surface area contributed by atoms with Crippen LogP contribution in [0.4, 0.5) is 0 Å². The van der Waals surface area contributed by atoms with Gasteiger partial charge in [-0.1, -0.05) is 66.4 Å². The molecule has 0 saturated carbocycles. The largest absolute Gasteiger partial charge is 0.361 e. The van der Waals surface area contributed by atoms with Gasteiger partial charge in [-0.05, 0) is 41.8 Å². The van der Waals surface area contributed by atoms with E-state index < -0.39 is 0 Å². The highest BCUT2D eigenvalue weighted by atomic mass is 16.6. The lowest BCUT2D eigenvalue weighted by molar-refractivity contribution is -0.481. The Morgan fingerprint density at radius 1 is 0.931 bits per heavy atom. The number of para-hydroxylation sites is 1. The molecule has 0 aliphatic carbocycles. The SMILES string of the molecule is Cc1cccc2c([C@H](C[N+](=O)[O-])c3ccccc3C#Cc3ccccc3)c[nH]c12. The third-order valence-electron chi connectivity index (χ3n) is 5.11. The Kier molecular flexibility index (Phi) is 5.13. The molecule has 0 fully saturated rings. The van der Waals surface area contributed by atoms with Crippen LogP contribution in [0.15, 0.2) is 79.0 Å². The first-order chi connectivity index (χ1) is 14.1. The second-order valence-corrected chi connectivity index (χ2v) is 7.01. The number of aromatic amines is 1. The molecular weight excluding hydrogens is 360 g/mol. The van der Waals surface area contributed by atoms with Gasteiger partial charge in [-0.3, -0.25) is 10.1 Å². The molecule has 1 atom stereocenters. The third-order valence-corrected chi connectivity index (χ3v) is 5.11. The molecule has 0 aliphatic heterocycles. The minimum atomic E-state index is -0.387. The lowest BCUT2D eigenvalue weighted by Gasteiger charge is -2.15. The molecule has 1 heterocycles. The number of aromatic nitrogens is 1. The zero-order chi connectivity index (χ0) is 20.2. The molecule has 1 N–H and O–H groups in total. The van der Waals surface area contributed by atoms with E-state index in [1.54, 1.807) is 0 Å². The van der Waals surface area contributed by atoms with E-state index in [4.69, 9.17) is 0 Å². The molecule has 0 saturated heterocycles. The van der Waals surface area contributed by atoms with E-state index in [9.17, 15) is 10.1 Å². The number of nitro groups is 1. The fourth-order valence-corrected chi connectivity index (χ4v) is 3.70. The van der Waals surface area contributed by atoms with Crippen LogP contribution >= 0.6 is 0 Å². The van der Waals surface area contributed by atoms with Crippen molar-refractivity contribution in [1.29, 1.82) is 0 Å². The van der Waals surface area contributed by atoms with Gasteiger partial charge in [0.1, 0.15) is 0 Å². The van der Waals surface area contributed by atoms with Crippen molar-refractivity contribution < 1.29 is 4.92 Å². The average Bonchev–Trinajstić information content (AvgIpc) is 3.17.